The molecule has 3 rings (SSSR count). The maximum Gasteiger partial charge on any atom is 0.306 e. The van der Waals surface area contributed by atoms with E-state index in [9.17, 15) is 4.79 Å². The summed E-state index contributed by atoms with van der Waals surface area (Å²) in [7, 11) is 3.20. The molecule has 2 aromatic carbocycles. The molecule has 0 N–H and O–H groups in total. The van der Waals surface area contributed by atoms with Gasteiger partial charge in [-0.25, -0.2) is 4.98 Å². The molecule has 0 atom stereocenters. The number of esters is 1. The Morgan fingerprint density at radius 3 is 2.59 bits per heavy atom. The third-order valence-electron chi connectivity index (χ3n) is 4.03. The number of ether oxygens (including phenoxy) is 3. The average molecular weight is 383 g/mol. The first-order valence-corrected chi connectivity index (χ1v) is 9.44. The quantitative estimate of drug-likeness (QED) is 0.536. The first-order valence-electron chi connectivity index (χ1n) is 8.56. The second-order valence-electron chi connectivity index (χ2n) is 5.83. The highest BCUT2D eigenvalue weighted by Gasteiger charge is 2.15. The smallest absolute Gasteiger partial charge is 0.306 e. The molecule has 6 heteroatoms. The Morgan fingerprint density at radius 1 is 1.04 bits per heavy atom. The van der Waals surface area contributed by atoms with E-state index in [1.807, 2.05) is 53.9 Å². The molecule has 1 aromatic heterocycles. The number of nitrogens with zero attached hydrogens (tertiary/aromatic N) is 1. The lowest BCUT2D eigenvalue weighted by atomic mass is 10.1. The maximum atomic E-state index is 12.0. The summed E-state index contributed by atoms with van der Waals surface area (Å²) >= 11 is 1.48. The highest BCUT2D eigenvalue weighted by Crippen LogP contribution is 2.38. The number of carbonyl (C=O) groups is 1. The summed E-state index contributed by atoms with van der Waals surface area (Å²) in [4.78, 5) is 16.5. The van der Waals surface area contributed by atoms with E-state index in [0.717, 1.165) is 16.1 Å². The average Bonchev–Trinajstić information content (AvgIpc) is 3.19. The topological polar surface area (TPSA) is 57.7 Å². The summed E-state index contributed by atoms with van der Waals surface area (Å²) < 4.78 is 16.1. The van der Waals surface area contributed by atoms with Crippen LogP contribution in [0.2, 0.25) is 0 Å². The summed E-state index contributed by atoms with van der Waals surface area (Å²) in [6.07, 6.45) is 1.02. The number of hydrogen-bond acceptors (Lipinski definition) is 6. The predicted molar refractivity (Wildman–Crippen MR) is 105 cm³/mol. The molecule has 27 heavy (non-hydrogen) atoms. The molecule has 0 saturated heterocycles. The molecule has 5 nitrogen and oxygen atoms in total. The minimum Gasteiger partial charge on any atom is -0.493 e. The molecule has 0 bridgehead atoms. The number of hydrogen-bond donors (Lipinski definition) is 0. The van der Waals surface area contributed by atoms with Crippen LogP contribution in [0.25, 0.3) is 10.6 Å². The Balaban J connectivity index is 1.59. The lowest BCUT2D eigenvalue weighted by Crippen LogP contribution is -2.06. The van der Waals surface area contributed by atoms with Crippen molar-refractivity contribution in [3.63, 3.8) is 0 Å². The standard InChI is InChI=1S/C21H21NO4S/c1-24-18-10-6-9-17(20(18)25-2)21-22-16(14-27-21)13-26-19(23)12-11-15-7-4-3-5-8-15/h3-10,14H,11-13H2,1-2H3. The van der Waals surface area contributed by atoms with E-state index < -0.39 is 0 Å². The Morgan fingerprint density at radius 2 is 1.85 bits per heavy atom. The number of methoxy groups -OCH3 is 2. The van der Waals surface area contributed by atoms with Gasteiger partial charge in [0.2, 0.25) is 0 Å². The predicted octanol–water partition coefficient (Wildman–Crippen LogP) is 4.50. The first kappa shape index (κ1) is 18.9. The van der Waals surface area contributed by atoms with Crippen molar-refractivity contribution in [1.82, 2.24) is 4.98 Å². The third kappa shape index (κ3) is 4.86. The van der Waals surface area contributed by atoms with Gasteiger partial charge in [0, 0.05) is 11.8 Å². The summed E-state index contributed by atoms with van der Waals surface area (Å²) in [5, 5.41) is 2.68. The highest BCUT2D eigenvalue weighted by atomic mass is 32.1. The monoisotopic (exact) mass is 383 g/mol. The van der Waals surface area contributed by atoms with Crippen molar-refractivity contribution in [2.45, 2.75) is 19.4 Å². The third-order valence-corrected chi connectivity index (χ3v) is 4.95. The zero-order valence-electron chi connectivity index (χ0n) is 15.3. The fourth-order valence-corrected chi connectivity index (χ4v) is 3.50. The number of rotatable bonds is 8. The van der Waals surface area contributed by atoms with Crippen LogP contribution in [0, 0.1) is 0 Å². The van der Waals surface area contributed by atoms with Crippen LogP contribution < -0.4 is 9.47 Å². The second kappa shape index (κ2) is 9.19. The van der Waals surface area contributed by atoms with Crippen LogP contribution >= 0.6 is 11.3 Å². The van der Waals surface area contributed by atoms with Gasteiger partial charge in [-0.1, -0.05) is 36.4 Å². The van der Waals surface area contributed by atoms with E-state index in [1.54, 1.807) is 14.2 Å². The van der Waals surface area contributed by atoms with Gasteiger partial charge in [-0.2, -0.15) is 0 Å². The molecule has 3 aromatic rings. The molecule has 0 spiro atoms. The van der Waals surface area contributed by atoms with E-state index in [1.165, 1.54) is 11.3 Å². The van der Waals surface area contributed by atoms with E-state index in [0.29, 0.717) is 30.0 Å². The van der Waals surface area contributed by atoms with E-state index in [4.69, 9.17) is 14.2 Å². The first-order chi connectivity index (χ1) is 13.2. The number of aryl methyl sites for hydroxylation is 1. The molecule has 0 aliphatic rings. The Labute approximate surface area is 162 Å². The van der Waals surface area contributed by atoms with E-state index in [-0.39, 0.29) is 12.6 Å². The summed E-state index contributed by atoms with van der Waals surface area (Å²) in [5.74, 6) is 1.06. The maximum absolute atomic E-state index is 12.0. The molecule has 0 radical (unpaired) electrons. The number of benzene rings is 2. The molecular weight excluding hydrogens is 362 g/mol. The number of aromatic nitrogens is 1. The van der Waals surface area contributed by atoms with Crippen LogP contribution in [0.4, 0.5) is 0 Å². The van der Waals surface area contributed by atoms with Crippen molar-refractivity contribution >= 4 is 17.3 Å². The fraction of sp³-hybridized carbons (Fsp3) is 0.238. The largest absolute Gasteiger partial charge is 0.493 e. The Bertz CT molecular complexity index is 892. The number of para-hydroxylation sites is 1. The molecular formula is C21H21NO4S. The number of carbonyl (C=O) groups excluding carboxylic acids is 1. The van der Waals surface area contributed by atoms with Crippen molar-refractivity contribution < 1.29 is 19.0 Å². The van der Waals surface area contributed by atoms with Gasteiger partial charge in [-0.05, 0) is 24.1 Å². The van der Waals surface area contributed by atoms with Gasteiger partial charge in [0.15, 0.2) is 11.5 Å². The van der Waals surface area contributed by atoms with Gasteiger partial charge < -0.3 is 14.2 Å². The van der Waals surface area contributed by atoms with Crippen LogP contribution in [-0.2, 0) is 22.6 Å². The van der Waals surface area contributed by atoms with Gasteiger partial charge in [0.25, 0.3) is 0 Å². The van der Waals surface area contributed by atoms with Gasteiger partial charge in [0.05, 0.1) is 25.5 Å². The molecule has 0 amide bonds. The van der Waals surface area contributed by atoms with Crippen molar-refractivity contribution in [2.24, 2.45) is 0 Å². The van der Waals surface area contributed by atoms with Crippen LogP contribution in [0.5, 0.6) is 11.5 Å². The van der Waals surface area contributed by atoms with E-state index >= 15 is 0 Å². The van der Waals surface area contributed by atoms with Crippen LogP contribution in [0.15, 0.2) is 53.9 Å². The van der Waals surface area contributed by atoms with Crippen molar-refractivity contribution in [3.8, 4) is 22.1 Å². The van der Waals surface area contributed by atoms with Crippen LogP contribution in [0.3, 0.4) is 0 Å². The van der Waals surface area contributed by atoms with Crippen LogP contribution in [0.1, 0.15) is 17.7 Å². The minimum atomic E-state index is -0.229. The van der Waals surface area contributed by atoms with E-state index in [2.05, 4.69) is 4.98 Å². The normalized spacial score (nSPS) is 10.4. The zero-order valence-corrected chi connectivity index (χ0v) is 16.1. The molecule has 0 unspecified atom stereocenters. The van der Waals surface area contributed by atoms with Crippen molar-refractivity contribution in [1.29, 1.82) is 0 Å². The minimum absolute atomic E-state index is 0.163. The van der Waals surface area contributed by atoms with Gasteiger partial charge in [-0.15, -0.1) is 11.3 Å². The Hall–Kier alpha value is -2.86. The zero-order chi connectivity index (χ0) is 19.1. The van der Waals surface area contributed by atoms with Crippen molar-refractivity contribution in [3.05, 3.63) is 65.2 Å². The Kier molecular flexibility index (Phi) is 6.44. The molecule has 140 valence electrons. The van der Waals surface area contributed by atoms with Gasteiger partial charge in [0.1, 0.15) is 11.6 Å². The van der Waals surface area contributed by atoms with Gasteiger partial charge >= 0.3 is 5.97 Å². The van der Waals surface area contributed by atoms with Gasteiger partial charge in [-0.3, -0.25) is 4.79 Å². The summed E-state index contributed by atoms with van der Waals surface area (Å²) in [6, 6.07) is 15.5. The summed E-state index contributed by atoms with van der Waals surface area (Å²) in [5.41, 5.74) is 2.69. The fourth-order valence-electron chi connectivity index (χ4n) is 2.67. The van der Waals surface area contributed by atoms with Crippen molar-refractivity contribution in [2.75, 3.05) is 14.2 Å². The molecule has 0 saturated carbocycles. The molecule has 0 aliphatic heterocycles. The lowest BCUT2D eigenvalue weighted by Gasteiger charge is -2.10. The van der Waals surface area contributed by atoms with Crippen LogP contribution in [-0.4, -0.2) is 25.2 Å². The molecule has 0 fully saturated rings. The lowest BCUT2D eigenvalue weighted by molar-refractivity contribution is -0.145. The number of thiazole rings is 1. The molecule has 0 aliphatic carbocycles. The second-order valence-corrected chi connectivity index (χ2v) is 6.69. The summed E-state index contributed by atoms with van der Waals surface area (Å²) in [6.45, 7) is 0.163. The SMILES string of the molecule is COc1cccc(-c2nc(COC(=O)CCc3ccccc3)cs2)c1OC. The highest BCUT2D eigenvalue weighted by molar-refractivity contribution is 7.13. The molecule has 1 heterocycles.